The van der Waals surface area contributed by atoms with Crippen LogP contribution in [0.3, 0.4) is 0 Å². The van der Waals surface area contributed by atoms with Gasteiger partial charge in [-0.05, 0) is 24.5 Å². The number of carboxylic acids is 1. The van der Waals surface area contributed by atoms with Crippen molar-refractivity contribution in [1.82, 2.24) is 0 Å². The summed E-state index contributed by atoms with van der Waals surface area (Å²) in [6.07, 6.45) is 1.56. The molecular formula is C13H17NO5. The van der Waals surface area contributed by atoms with Crippen LogP contribution in [0.25, 0.3) is 0 Å². The van der Waals surface area contributed by atoms with E-state index in [1.54, 1.807) is 6.07 Å². The van der Waals surface area contributed by atoms with E-state index < -0.39 is 16.8 Å². The molecule has 0 aliphatic rings. The Labute approximate surface area is 111 Å². The van der Waals surface area contributed by atoms with Crippen LogP contribution in [0.2, 0.25) is 0 Å². The lowest BCUT2D eigenvalue weighted by atomic mass is 9.95. The zero-order valence-corrected chi connectivity index (χ0v) is 11.0. The van der Waals surface area contributed by atoms with Gasteiger partial charge in [0.15, 0.2) is 0 Å². The van der Waals surface area contributed by atoms with Crippen LogP contribution in [0.1, 0.15) is 25.3 Å². The number of aliphatic carboxylic acids is 1. The maximum atomic E-state index is 11.1. The van der Waals surface area contributed by atoms with E-state index in [2.05, 4.69) is 0 Å². The second-order valence-electron chi connectivity index (χ2n) is 4.32. The minimum Gasteiger partial charge on any atom is -0.496 e. The average Bonchev–Trinajstić information content (AvgIpc) is 2.37. The zero-order valence-electron chi connectivity index (χ0n) is 11.0. The standard InChI is InChI=1S/C13H17NO5/c1-3-4-10(13(15)16)5-9-6-11(14(17)18)8-12(7-9)19-2/h6-8,10H,3-5H2,1-2H3,(H,15,16). The summed E-state index contributed by atoms with van der Waals surface area (Å²) >= 11 is 0. The number of non-ortho nitro benzene ring substituents is 1. The number of hydrogen-bond donors (Lipinski definition) is 1. The van der Waals surface area contributed by atoms with Crippen molar-refractivity contribution in [3.63, 3.8) is 0 Å². The van der Waals surface area contributed by atoms with Crippen molar-refractivity contribution >= 4 is 11.7 Å². The Balaban J connectivity index is 3.01. The molecule has 1 aromatic rings. The van der Waals surface area contributed by atoms with E-state index in [-0.39, 0.29) is 12.1 Å². The molecular weight excluding hydrogens is 250 g/mol. The minimum atomic E-state index is -0.882. The summed E-state index contributed by atoms with van der Waals surface area (Å²) in [7, 11) is 1.42. The summed E-state index contributed by atoms with van der Waals surface area (Å²) in [6, 6.07) is 4.35. The molecule has 0 amide bonds. The number of nitro benzene ring substituents is 1. The van der Waals surface area contributed by atoms with Gasteiger partial charge < -0.3 is 9.84 Å². The van der Waals surface area contributed by atoms with E-state index in [0.717, 1.165) is 6.42 Å². The molecule has 6 nitrogen and oxygen atoms in total. The molecule has 0 aliphatic heterocycles. The van der Waals surface area contributed by atoms with Crippen LogP contribution < -0.4 is 4.74 Å². The third-order valence-electron chi connectivity index (χ3n) is 2.87. The van der Waals surface area contributed by atoms with Crippen molar-refractivity contribution in [2.24, 2.45) is 5.92 Å². The predicted molar refractivity (Wildman–Crippen MR) is 69.4 cm³/mol. The molecule has 0 aliphatic carbocycles. The van der Waals surface area contributed by atoms with E-state index in [1.807, 2.05) is 6.92 Å². The Hall–Kier alpha value is -2.11. The minimum absolute atomic E-state index is 0.0880. The summed E-state index contributed by atoms with van der Waals surface area (Å²) in [6.45, 7) is 1.91. The number of rotatable bonds is 7. The van der Waals surface area contributed by atoms with Crippen LogP contribution in [0.5, 0.6) is 5.75 Å². The van der Waals surface area contributed by atoms with E-state index in [0.29, 0.717) is 17.7 Å². The Morgan fingerprint density at radius 2 is 2.16 bits per heavy atom. The van der Waals surface area contributed by atoms with Gasteiger partial charge >= 0.3 is 5.97 Å². The first-order valence-electron chi connectivity index (χ1n) is 6.03. The highest BCUT2D eigenvalue weighted by Crippen LogP contribution is 2.25. The Bertz CT molecular complexity index is 472. The number of methoxy groups -OCH3 is 1. The van der Waals surface area contributed by atoms with Gasteiger partial charge in [0, 0.05) is 6.07 Å². The molecule has 1 atom stereocenters. The summed E-state index contributed by atoms with van der Waals surface area (Å²) in [5, 5.41) is 19.9. The predicted octanol–water partition coefficient (Wildman–Crippen LogP) is 2.65. The van der Waals surface area contributed by atoms with Gasteiger partial charge in [0.25, 0.3) is 5.69 Å². The van der Waals surface area contributed by atoms with Gasteiger partial charge in [0.2, 0.25) is 0 Å². The van der Waals surface area contributed by atoms with Gasteiger partial charge in [-0.1, -0.05) is 13.3 Å². The number of hydrogen-bond acceptors (Lipinski definition) is 4. The van der Waals surface area contributed by atoms with Gasteiger partial charge in [0.05, 0.1) is 24.0 Å². The van der Waals surface area contributed by atoms with Crippen LogP contribution in [0.15, 0.2) is 18.2 Å². The molecule has 1 rings (SSSR count). The molecule has 1 aromatic carbocycles. The fourth-order valence-electron chi connectivity index (χ4n) is 1.93. The largest absolute Gasteiger partial charge is 0.496 e. The first-order chi connectivity index (χ1) is 8.97. The molecule has 0 radical (unpaired) electrons. The second kappa shape index (κ2) is 6.72. The van der Waals surface area contributed by atoms with Crippen molar-refractivity contribution in [3.05, 3.63) is 33.9 Å². The Morgan fingerprint density at radius 1 is 1.47 bits per heavy atom. The van der Waals surface area contributed by atoms with Crippen LogP contribution >= 0.6 is 0 Å². The van der Waals surface area contributed by atoms with Crippen molar-refractivity contribution < 1.29 is 19.6 Å². The van der Waals surface area contributed by atoms with E-state index in [1.165, 1.54) is 19.2 Å². The highest BCUT2D eigenvalue weighted by Gasteiger charge is 2.19. The topological polar surface area (TPSA) is 89.7 Å². The maximum Gasteiger partial charge on any atom is 0.306 e. The highest BCUT2D eigenvalue weighted by atomic mass is 16.6. The molecule has 0 bridgehead atoms. The summed E-state index contributed by atoms with van der Waals surface area (Å²) in [4.78, 5) is 21.4. The first-order valence-corrected chi connectivity index (χ1v) is 6.03. The fraction of sp³-hybridized carbons (Fsp3) is 0.462. The van der Waals surface area contributed by atoms with Crippen molar-refractivity contribution in [2.45, 2.75) is 26.2 Å². The smallest absolute Gasteiger partial charge is 0.306 e. The van der Waals surface area contributed by atoms with Crippen LogP contribution in [0, 0.1) is 16.0 Å². The molecule has 6 heteroatoms. The fourth-order valence-corrected chi connectivity index (χ4v) is 1.93. The molecule has 0 saturated carbocycles. The number of nitrogens with zero attached hydrogens (tertiary/aromatic N) is 1. The monoisotopic (exact) mass is 267 g/mol. The van der Waals surface area contributed by atoms with Gasteiger partial charge in [-0.15, -0.1) is 0 Å². The number of carboxylic acid groups (broad SMARTS) is 1. The molecule has 0 fully saturated rings. The van der Waals surface area contributed by atoms with Crippen LogP contribution in [-0.4, -0.2) is 23.1 Å². The van der Waals surface area contributed by atoms with E-state index >= 15 is 0 Å². The number of nitro groups is 1. The van der Waals surface area contributed by atoms with Gasteiger partial charge in [0.1, 0.15) is 5.75 Å². The molecule has 0 aromatic heterocycles. The average molecular weight is 267 g/mol. The highest BCUT2D eigenvalue weighted by molar-refractivity contribution is 5.70. The lowest BCUT2D eigenvalue weighted by Gasteiger charge is -2.12. The van der Waals surface area contributed by atoms with E-state index in [4.69, 9.17) is 9.84 Å². The molecule has 0 saturated heterocycles. The quantitative estimate of drug-likeness (QED) is 0.606. The zero-order chi connectivity index (χ0) is 14.4. The summed E-state index contributed by atoms with van der Waals surface area (Å²) in [5.74, 6) is -1.05. The SMILES string of the molecule is CCCC(Cc1cc(OC)cc([N+](=O)[O-])c1)C(=O)O. The molecule has 1 unspecified atom stereocenters. The summed E-state index contributed by atoms with van der Waals surface area (Å²) < 4.78 is 5.00. The van der Waals surface area contributed by atoms with Gasteiger partial charge in [-0.2, -0.15) is 0 Å². The van der Waals surface area contributed by atoms with Crippen molar-refractivity contribution in [2.75, 3.05) is 7.11 Å². The van der Waals surface area contributed by atoms with Crippen LogP contribution in [-0.2, 0) is 11.2 Å². The first kappa shape index (κ1) is 14.9. The van der Waals surface area contributed by atoms with E-state index in [9.17, 15) is 14.9 Å². The van der Waals surface area contributed by atoms with Crippen molar-refractivity contribution in [1.29, 1.82) is 0 Å². The number of carbonyl (C=O) groups is 1. The van der Waals surface area contributed by atoms with Gasteiger partial charge in [-0.3, -0.25) is 14.9 Å². The maximum absolute atomic E-state index is 11.1. The third-order valence-corrected chi connectivity index (χ3v) is 2.87. The number of benzene rings is 1. The Morgan fingerprint density at radius 3 is 2.63 bits per heavy atom. The molecule has 0 spiro atoms. The summed E-state index contributed by atoms with van der Waals surface area (Å²) in [5.41, 5.74) is 0.516. The lowest BCUT2D eigenvalue weighted by Crippen LogP contribution is -2.16. The normalized spacial score (nSPS) is 11.9. The molecule has 19 heavy (non-hydrogen) atoms. The number of ether oxygens (including phenoxy) is 1. The van der Waals surface area contributed by atoms with Gasteiger partial charge in [-0.25, -0.2) is 0 Å². The molecule has 104 valence electrons. The molecule has 1 N–H and O–H groups in total. The second-order valence-corrected chi connectivity index (χ2v) is 4.32. The van der Waals surface area contributed by atoms with Crippen molar-refractivity contribution in [3.8, 4) is 5.75 Å². The lowest BCUT2D eigenvalue weighted by molar-refractivity contribution is -0.385. The van der Waals surface area contributed by atoms with Crippen LogP contribution in [0.4, 0.5) is 5.69 Å². The third kappa shape index (κ3) is 4.24. The molecule has 0 heterocycles. The Kier molecular flexibility index (Phi) is 5.29.